The first-order valence-corrected chi connectivity index (χ1v) is 8.11. The van der Waals surface area contributed by atoms with E-state index in [2.05, 4.69) is 0 Å². The second-order valence-corrected chi connectivity index (χ2v) is 6.94. The molecule has 0 radical (unpaired) electrons. The summed E-state index contributed by atoms with van der Waals surface area (Å²) in [5.41, 5.74) is 0.592. The van der Waals surface area contributed by atoms with Crippen molar-refractivity contribution in [2.24, 2.45) is 5.92 Å². The van der Waals surface area contributed by atoms with Gasteiger partial charge in [-0.25, -0.2) is 0 Å². The Morgan fingerprint density at radius 1 is 1.38 bits per heavy atom. The number of carbonyl (C=O) groups excluding carboxylic acids is 1. The van der Waals surface area contributed by atoms with Crippen molar-refractivity contribution in [3.8, 4) is 0 Å². The lowest BCUT2D eigenvalue weighted by Crippen LogP contribution is -2.28. The minimum absolute atomic E-state index is 0.0312. The molecule has 1 amide bonds. The Morgan fingerprint density at radius 3 is 2.67 bits per heavy atom. The van der Waals surface area contributed by atoms with Gasteiger partial charge in [-0.1, -0.05) is 25.0 Å². The smallest absolute Gasteiger partial charge is 0.316 e. The van der Waals surface area contributed by atoms with Crippen molar-refractivity contribution in [1.29, 1.82) is 0 Å². The lowest BCUT2D eigenvalue weighted by atomic mass is 10.2. The quantitative estimate of drug-likeness (QED) is 0.786. The number of carboxylic acid groups (broad SMARTS) is 1. The third-order valence-electron chi connectivity index (χ3n) is 3.69. The van der Waals surface area contributed by atoms with E-state index in [1.807, 2.05) is 25.2 Å². The highest BCUT2D eigenvalue weighted by atomic mass is 32.2. The maximum absolute atomic E-state index is 12.5. The molecule has 1 aliphatic carbocycles. The number of carbonyl (C=O) groups is 2. The molecular weight excluding hydrogens is 286 g/mol. The predicted octanol–water partition coefficient (Wildman–Crippen LogP) is 3.12. The van der Waals surface area contributed by atoms with E-state index in [1.165, 1.54) is 24.6 Å². The van der Waals surface area contributed by atoms with Crippen LogP contribution >= 0.6 is 11.8 Å². The third kappa shape index (κ3) is 4.49. The molecule has 0 bridgehead atoms. The fourth-order valence-electron chi connectivity index (χ4n) is 2.08. The Bertz CT molecular complexity index is 528. The molecule has 0 saturated heterocycles. The minimum atomic E-state index is -0.871. The van der Waals surface area contributed by atoms with Crippen LogP contribution in [0, 0.1) is 5.92 Å². The zero-order chi connectivity index (χ0) is 15.4. The van der Waals surface area contributed by atoms with Gasteiger partial charge in [0.05, 0.1) is 5.56 Å². The van der Waals surface area contributed by atoms with E-state index >= 15 is 0 Å². The summed E-state index contributed by atoms with van der Waals surface area (Å²) in [5.74, 6) is -0.113. The van der Waals surface area contributed by atoms with Crippen molar-refractivity contribution >= 4 is 23.6 Å². The molecule has 1 unspecified atom stereocenters. The topological polar surface area (TPSA) is 57.6 Å². The second kappa shape index (κ2) is 6.98. The second-order valence-electron chi connectivity index (χ2n) is 5.55. The summed E-state index contributed by atoms with van der Waals surface area (Å²) in [6.45, 7) is 2.39. The summed E-state index contributed by atoms with van der Waals surface area (Å²) in [6, 6.07) is 7.23. The summed E-state index contributed by atoms with van der Waals surface area (Å²) in [5, 5.41) is 8.44. The molecule has 5 heteroatoms. The van der Waals surface area contributed by atoms with Crippen molar-refractivity contribution in [3.63, 3.8) is 0 Å². The first-order valence-electron chi connectivity index (χ1n) is 7.23. The molecule has 0 heterocycles. The van der Waals surface area contributed by atoms with E-state index in [0.29, 0.717) is 5.56 Å². The monoisotopic (exact) mass is 307 g/mol. The van der Waals surface area contributed by atoms with Crippen LogP contribution in [-0.2, 0) is 4.79 Å². The Hall–Kier alpha value is -1.49. The highest BCUT2D eigenvalue weighted by Gasteiger charge is 2.24. The first kappa shape index (κ1) is 15.9. The Balaban J connectivity index is 2.06. The largest absolute Gasteiger partial charge is 0.480 e. The summed E-state index contributed by atoms with van der Waals surface area (Å²) in [6.07, 6.45) is 3.62. The van der Waals surface area contributed by atoms with Gasteiger partial charge in [0.15, 0.2) is 0 Å². The van der Waals surface area contributed by atoms with Crippen LogP contribution < -0.4 is 0 Å². The highest BCUT2D eigenvalue weighted by molar-refractivity contribution is 8.00. The number of hydrogen-bond acceptors (Lipinski definition) is 3. The van der Waals surface area contributed by atoms with Crippen molar-refractivity contribution < 1.29 is 14.7 Å². The Morgan fingerprint density at radius 2 is 2.05 bits per heavy atom. The van der Waals surface area contributed by atoms with Gasteiger partial charge in [-0.2, -0.15) is 0 Å². The van der Waals surface area contributed by atoms with Crippen LogP contribution in [0.2, 0.25) is 0 Å². The van der Waals surface area contributed by atoms with Gasteiger partial charge >= 0.3 is 5.97 Å². The maximum atomic E-state index is 12.5. The molecule has 21 heavy (non-hydrogen) atoms. The molecule has 4 nitrogen and oxygen atoms in total. The third-order valence-corrected chi connectivity index (χ3v) is 4.85. The average Bonchev–Trinajstić information content (AvgIpc) is 3.28. The summed E-state index contributed by atoms with van der Waals surface area (Å²) >= 11 is 1.21. The molecule has 1 aromatic carbocycles. The van der Waals surface area contributed by atoms with Crippen LogP contribution in [0.25, 0.3) is 0 Å². The first-order chi connectivity index (χ1) is 9.99. The van der Waals surface area contributed by atoms with Crippen LogP contribution in [0.15, 0.2) is 29.2 Å². The molecule has 1 aliphatic rings. The molecule has 114 valence electrons. The Labute approximate surface area is 129 Å². The normalized spacial score (nSPS) is 15.5. The van der Waals surface area contributed by atoms with Crippen LogP contribution in [0.5, 0.6) is 0 Å². The summed E-state index contributed by atoms with van der Waals surface area (Å²) < 4.78 is 0. The van der Waals surface area contributed by atoms with Crippen molar-refractivity contribution in [3.05, 3.63) is 29.8 Å². The van der Waals surface area contributed by atoms with Crippen LogP contribution in [0.3, 0.4) is 0 Å². The number of amides is 1. The van der Waals surface area contributed by atoms with Crippen LogP contribution in [-0.4, -0.2) is 40.7 Å². The van der Waals surface area contributed by atoms with Crippen molar-refractivity contribution in [2.45, 2.75) is 36.3 Å². The molecule has 0 aromatic heterocycles. The van der Waals surface area contributed by atoms with Crippen molar-refractivity contribution in [2.75, 3.05) is 13.6 Å². The Kier molecular flexibility index (Phi) is 5.28. The fraction of sp³-hybridized carbons (Fsp3) is 0.500. The lowest BCUT2D eigenvalue weighted by molar-refractivity contribution is -0.136. The molecule has 1 fully saturated rings. The number of aliphatic carboxylic acids is 1. The van der Waals surface area contributed by atoms with E-state index < -0.39 is 11.2 Å². The van der Waals surface area contributed by atoms with E-state index in [-0.39, 0.29) is 5.91 Å². The van der Waals surface area contributed by atoms with Gasteiger partial charge in [0.1, 0.15) is 5.25 Å². The maximum Gasteiger partial charge on any atom is 0.316 e. The van der Waals surface area contributed by atoms with E-state index in [9.17, 15) is 9.59 Å². The number of benzene rings is 1. The molecule has 0 aliphatic heterocycles. The zero-order valence-corrected chi connectivity index (χ0v) is 13.2. The molecule has 1 aromatic rings. The van der Waals surface area contributed by atoms with Gasteiger partial charge in [0, 0.05) is 18.5 Å². The van der Waals surface area contributed by atoms with Gasteiger partial charge in [0.2, 0.25) is 0 Å². The molecule has 1 N–H and O–H groups in total. The summed E-state index contributed by atoms with van der Waals surface area (Å²) in [4.78, 5) is 26.0. The van der Waals surface area contributed by atoms with Crippen molar-refractivity contribution in [1.82, 2.24) is 4.90 Å². The lowest BCUT2D eigenvalue weighted by Gasteiger charge is -2.19. The minimum Gasteiger partial charge on any atom is -0.480 e. The van der Waals surface area contributed by atoms with Gasteiger partial charge in [-0.05, 0) is 31.4 Å². The van der Waals surface area contributed by atoms with Crippen LogP contribution in [0.1, 0.15) is 36.5 Å². The fourth-order valence-corrected chi connectivity index (χ4v) is 3.00. The summed E-state index contributed by atoms with van der Waals surface area (Å²) in [7, 11) is 1.81. The van der Waals surface area contributed by atoms with E-state index in [1.54, 1.807) is 17.9 Å². The van der Waals surface area contributed by atoms with E-state index in [4.69, 9.17) is 5.11 Å². The number of rotatable bonds is 7. The SMILES string of the molecule is CC(Sc1ccccc1C(=O)N(C)CCC1CC1)C(=O)O. The highest BCUT2D eigenvalue weighted by Crippen LogP contribution is 2.33. The molecule has 2 rings (SSSR count). The number of carboxylic acids is 1. The molecule has 0 spiro atoms. The van der Waals surface area contributed by atoms with Gasteiger partial charge in [-0.15, -0.1) is 11.8 Å². The van der Waals surface area contributed by atoms with Gasteiger partial charge in [-0.3, -0.25) is 9.59 Å². The van der Waals surface area contributed by atoms with Gasteiger partial charge < -0.3 is 10.0 Å². The molecule has 1 atom stereocenters. The standard InChI is InChI=1S/C16H21NO3S/c1-11(16(19)20)21-14-6-4-3-5-13(14)15(18)17(2)10-9-12-7-8-12/h3-6,11-12H,7-10H2,1-2H3,(H,19,20). The predicted molar refractivity (Wildman–Crippen MR) is 83.7 cm³/mol. The average molecular weight is 307 g/mol. The molecule has 1 saturated carbocycles. The van der Waals surface area contributed by atoms with Gasteiger partial charge in [0.25, 0.3) is 5.91 Å². The van der Waals surface area contributed by atoms with Crippen LogP contribution in [0.4, 0.5) is 0 Å². The molecular formula is C16H21NO3S. The van der Waals surface area contributed by atoms with E-state index in [0.717, 1.165) is 23.8 Å². The number of hydrogen-bond donors (Lipinski definition) is 1. The number of nitrogens with zero attached hydrogens (tertiary/aromatic N) is 1. The number of thioether (sulfide) groups is 1. The zero-order valence-electron chi connectivity index (χ0n) is 12.4.